The SMILES string of the molecule is COC(=O)[C@@H]1C[C@H]([Se]c2ccccc2)[C@@H](c2ccco2)N1S(=O)(=O)c1ccc(C)cc1. The van der Waals surface area contributed by atoms with Crippen LogP contribution in [-0.4, -0.2) is 46.8 Å². The van der Waals surface area contributed by atoms with Gasteiger partial charge >= 0.3 is 189 Å². The fourth-order valence-corrected chi connectivity index (χ4v) is 8.61. The number of carbonyl (C=O) groups is 1. The Morgan fingerprint density at radius 1 is 1.06 bits per heavy atom. The summed E-state index contributed by atoms with van der Waals surface area (Å²) in [4.78, 5) is 12.8. The summed E-state index contributed by atoms with van der Waals surface area (Å²) in [6, 6.07) is 18.6. The Kier molecular flexibility index (Phi) is 6.34. The molecule has 0 radical (unpaired) electrons. The van der Waals surface area contributed by atoms with Crippen molar-refractivity contribution >= 4 is 35.4 Å². The van der Waals surface area contributed by atoms with Crippen molar-refractivity contribution in [2.24, 2.45) is 0 Å². The van der Waals surface area contributed by atoms with Crippen molar-refractivity contribution in [3.05, 3.63) is 84.3 Å². The van der Waals surface area contributed by atoms with Crippen LogP contribution in [0, 0.1) is 6.92 Å². The average Bonchev–Trinajstić information content (AvgIpc) is 3.42. The first-order chi connectivity index (χ1) is 14.9. The summed E-state index contributed by atoms with van der Waals surface area (Å²) in [5.41, 5.74) is 0.956. The van der Waals surface area contributed by atoms with Crippen molar-refractivity contribution in [2.75, 3.05) is 7.11 Å². The molecule has 0 spiro atoms. The van der Waals surface area contributed by atoms with Crippen molar-refractivity contribution in [3.63, 3.8) is 0 Å². The molecule has 2 heterocycles. The van der Waals surface area contributed by atoms with Crippen LogP contribution < -0.4 is 4.46 Å². The van der Waals surface area contributed by atoms with E-state index in [0.29, 0.717) is 12.2 Å². The molecule has 0 bridgehead atoms. The quantitative estimate of drug-likeness (QED) is 0.381. The van der Waals surface area contributed by atoms with Crippen molar-refractivity contribution in [3.8, 4) is 0 Å². The molecule has 0 saturated carbocycles. The number of furan rings is 1. The van der Waals surface area contributed by atoms with Gasteiger partial charge < -0.3 is 0 Å². The molecule has 0 aliphatic carbocycles. The predicted octanol–water partition coefficient (Wildman–Crippen LogP) is 3.08. The Bertz CT molecular complexity index is 1130. The first-order valence-corrected chi connectivity index (χ1v) is 13.1. The van der Waals surface area contributed by atoms with Gasteiger partial charge in [-0.05, 0) is 0 Å². The Balaban J connectivity index is 1.81. The molecule has 2 aromatic carbocycles. The van der Waals surface area contributed by atoms with Gasteiger partial charge in [-0.15, -0.1) is 0 Å². The normalized spacial score (nSPS) is 21.8. The van der Waals surface area contributed by atoms with Crippen molar-refractivity contribution in [1.82, 2.24) is 4.31 Å². The van der Waals surface area contributed by atoms with Crippen molar-refractivity contribution < 1.29 is 22.4 Å². The third-order valence-corrected chi connectivity index (χ3v) is 9.95. The summed E-state index contributed by atoms with van der Waals surface area (Å²) < 4.78 is 40.7. The zero-order valence-corrected chi connectivity index (χ0v) is 19.7. The molecule has 162 valence electrons. The zero-order valence-electron chi connectivity index (χ0n) is 17.2. The van der Waals surface area contributed by atoms with Crippen molar-refractivity contribution in [1.29, 1.82) is 0 Å². The molecular formula is C23H23NO5SSe. The topological polar surface area (TPSA) is 76.8 Å². The molecule has 1 saturated heterocycles. The molecule has 1 fully saturated rings. The van der Waals surface area contributed by atoms with Gasteiger partial charge in [-0.3, -0.25) is 0 Å². The molecule has 3 atom stereocenters. The van der Waals surface area contributed by atoms with Crippen LogP contribution in [0.2, 0.25) is 4.82 Å². The van der Waals surface area contributed by atoms with E-state index in [4.69, 9.17) is 9.15 Å². The first-order valence-electron chi connectivity index (χ1n) is 9.85. The second kappa shape index (κ2) is 9.00. The Hall–Kier alpha value is -2.38. The summed E-state index contributed by atoms with van der Waals surface area (Å²) in [5.74, 6) is -0.0245. The van der Waals surface area contributed by atoms with Crippen LogP contribution >= 0.6 is 0 Å². The molecule has 4 rings (SSSR count). The third kappa shape index (κ3) is 4.34. The molecule has 31 heavy (non-hydrogen) atoms. The molecular weight excluding hydrogens is 481 g/mol. The summed E-state index contributed by atoms with van der Waals surface area (Å²) in [6.45, 7) is 1.90. The van der Waals surface area contributed by atoms with E-state index < -0.39 is 28.1 Å². The number of esters is 1. The number of sulfonamides is 1. The van der Waals surface area contributed by atoms with E-state index in [9.17, 15) is 13.2 Å². The average molecular weight is 504 g/mol. The minimum absolute atomic E-state index is 0.0808. The van der Waals surface area contributed by atoms with Gasteiger partial charge in [0.2, 0.25) is 0 Å². The molecule has 8 heteroatoms. The first kappa shape index (κ1) is 21.8. The van der Waals surface area contributed by atoms with Gasteiger partial charge in [-0.2, -0.15) is 0 Å². The monoisotopic (exact) mass is 505 g/mol. The van der Waals surface area contributed by atoms with Gasteiger partial charge in [0.25, 0.3) is 0 Å². The number of hydrogen-bond donors (Lipinski definition) is 0. The van der Waals surface area contributed by atoms with Gasteiger partial charge in [0.1, 0.15) is 0 Å². The number of nitrogens with zero attached hydrogens (tertiary/aromatic N) is 1. The second-order valence-electron chi connectivity index (χ2n) is 7.35. The summed E-state index contributed by atoms with van der Waals surface area (Å²) in [6.07, 6.45) is 1.90. The summed E-state index contributed by atoms with van der Waals surface area (Å²) >= 11 is -0.0808. The molecule has 6 nitrogen and oxygen atoms in total. The van der Waals surface area contributed by atoms with E-state index in [2.05, 4.69) is 0 Å². The van der Waals surface area contributed by atoms with E-state index in [1.807, 2.05) is 37.3 Å². The van der Waals surface area contributed by atoms with Crippen LogP contribution in [0.4, 0.5) is 0 Å². The number of hydrogen-bond acceptors (Lipinski definition) is 5. The van der Waals surface area contributed by atoms with Crippen LogP contribution in [0.3, 0.4) is 0 Å². The number of ether oxygens (including phenoxy) is 1. The fraction of sp³-hybridized carbons (Fsp3) is 0.261. The van der Waals surface area contributed by atoms with E-state index in [-0.39, 0.29) is 24.7 Å². The van der Waals surface area contributed by atoms with E-state index in [1.165, 1.54) is 17.7 Å². The number of carbonyl (C=O) groups excluding carboxylic acids is 1. The third-order valence-electron chi connectivity index (χ3n) is 5.32. The standard InChI is InChI=1S/C23H23NO5SSe/c1-16-10-12-17(13-11-16)30(26,27)24-19(23(25)28-2)15-21(22(24)20-9-6-14-29-20)31-18-7-4-3-5-8-18/h3-14,19,21-22H,15H2,1-2H3/t19-,21-,22+/m0/s1. The number of rotatable bonds is 6. The van der Waals surface area contributed by atoms with Gasteiger partial charge in [-0.1, -0.05) is 0 Å². The van der Waals surface area contributed by atoms with Crippen LogP contribution in [0.25, 0.3) is 0 Å². The minimum atomic E-state index is -3.98. The van der Waals surface area contributed by atoms with Crippen LogP contribution in [0.1, 0.15) is 23.8 Å². The summed E-state index contributed by atoms with van der Waals surface area (Å²) in [7, 11) is -2.69. The fourth-order valence-electron chi connectivity index (χ4n) is 3.85. The van der Waals surface area contributed by atoms with Crippen LogP contribution in [0.15, 0.2) is 82.3 Å². The summed E-state index contributed by atoms with van der Waals surface area (Å²) in [5, 5.41) is 0. The number of methoxy groups -OCH3 is 1. The van der Waals surface area contributed by atoms with Crippen molar-refractivity contribution in [2.45, 2.75) is 35.1 Å². The Morgan fingerprint density at radius 2 is 1.77 bits per heavy atom. The molecule has 1 aromatic heterocycles. The zero-order chi connectivity index (χ0) is 22.0. The molecule has 1 aliphatic rings. The van der Waals surface area contributed by atoms with E-state index in [1.54, 1.807) is 36.4 Å². The number of benzene rings is 2. The predicted molar refractivity (Wildman–Crippen MR) is 118 cm³/mol. The van der Waals surface area contributed by atoms with Gasteiger partial charge in [0, 0.05) is 0 Å². The van der Waals surface area contributed by atoms with Crippen LogP contribution in [-0.2, 0) is 19.6 Å². The van der Waals surface area contributed by atoms with E-state index in [0.717, 1.165) is 10.0 Å². The molecule has 1 aliphatic heterocycles. The van der Waals surface area contributed by atoms with Gasteiger partial charge in [-0.25, -0.2) is 0 Å². The Labute approximate surface area is 188 Å². The van der Waals surface area contributed by atoms with Crippen LogP contribution in [0.5, 0.6) is 0 Å². The second-order valence-corrected chi connectivity index (χ2v) is 11.9. The van der Waals surface area contributed by atoms with Gasteiger partial charge in [0.15, 0.2) is 0 Å². The maximum absolute atomic E-state index is 13.8. The number of aryl methyl sites for hydroxylation is 1. The van der Waals surface area contributed by atoms with Gasteiger partial charge in [0.05, 0.1) is 0 Å². The molecule has 0 amide bonds. The maximum atomic E-state index is 13.8. The Morgan fingerprint density at radius 3 is 2.39 bits per heavy atom. The molecule has 3 aromatic rings. The molecule has 0 N–H and O–H groups in total. The van der Waals surface area contributed by atoms with E-state index >= 15 is 0 Å². The molecule has 0 unspecified atom stereocenters.